The summed E-state index contributed by atoms with van der Waals surface area (Å²) in [6.45, 7) is 4.22. The average molecular weight is 393 g/mol. The van der Waals surface area contributed by atoms with Crippen LogP contribution < -0.4 is 11.1 Å². The minimum atomic E-state index is -0.176. The first-order valence-corrected chi connectivity index (χ1v) is 10.2. The largest absolute Gasteiger partial charge is 0.464 e. The van der Waals surface area contributed by atoms with E-state index >= 15 is 0 Å². The molecule has 0 saturated carbocycles. The van der Waals surface area contributed by atoms with Gasteiger partial charge in [0.25, 0.3) is 0 Å². The molecule has 2 aromatic heterocycles. The minimum absolute atomic E-state index is 0.0559. The molecular weight excluding hydrogens is 366 g/mol. The zero-order valence-electron chi connectivity index (χ0n) is 16.7. The van der Waals surface area contributed by atoms with Gasteiger partial charge < -0.3 is 20.2 Å². The van der Waals surface area contributed by atoms with E-state index in [0.29, 0.717) is 24.7 Å². The van der Waals surface area contributed by atoms with Crippen LogP contribution in [0.5, 0.6) is 0 Å². The highest BCUT2D eigenvalue weighted by Crippen LogP contribution is 2.27. The fourth-order valence-corrected chi connectivity index (χ4v) is 3.79. The Morgan fingerprint density at radius 1 is 1.28 bits per heavy atom. The van der Waals surface area contributed by atoms with E-state index in [4.69, 9.17) is 14.9 Å². The first-order chi connectivity index (χ1) is 14.1. The first kappa shape index (κ1) is 19.5. The molecule has 1 atom stereocenters. The third-order valence-electron chi connectivity index (χ3n) is 5.61. The summed E-state index contributed by atoms with van der Waals surface area (Å²) >= 11 is 0. The van der Waals surface area contributed by atoms with Crippen molar-refractivity contribution in [3.63, 3.8) is 0 Å². The highest BCUT2D eigenvalue weighted by Gasteiger charge is 2.19. The third-order valence-corrected chi connectivity index (χ3v) is 5.61. The molecule has 0 unspecified atom stereocenters. The van der Waals surface area contributed by atoms with Crippen LogP contribution in [0.2, 0.25) is 0 Å². The zero-order valence-corrected chi connectivity index (χ0v) is 16.7. The van der Waals surface area contributed by atoms with Crippen molar-refractivity contribution in [2.45, 2.75) is 26.2 Å². The SMILES string of the molecule is C[C@H](Cc1cc2cc(-c3ccco3)ccc2nc1N)C(=O)NCC1CCOCC1. The lowest BCUT2D eigenvalue weighted by Crippen LogP contribution is -2.36. The monoisotopic (exact) mass is 393 g/mol. The number of nitrogens with two attached hydrogens (primary N) is 1. The molecule has 3 heterocycles. The summed E-state index contributed by atoms with van der Waals surface area (Å²) in [6.07, 6.45) is 4.23. The molecule has 0 radical (unpaired) electrons. The molecule has 1 aromatic carbocycles. The Bertz CT molecular complexity index is 978. The summed E-state index contributed by atoms with van der Waals surface area (Å²) in [7, 11) is 0. The molecule has 0 aliphatic carbocycles. The Hall–Kier alpha value is -2.86. The summed E-state index contributed by atoms with van der Waals surface area (Å²) < 4.78 is 10.9. The number of pyridine rings is 1. The summed E-state index contributed by atoms with van der Waals surface area (Å²) in [5.74, 6) is 1.68. The van der Waals surface area contributed by atoms with E-state index in [1.54, 1.807) is 6.26 Å². The molecule has 0 bridgehead atoms. The van der Waals surface area contributed by atoms with Gasteiger partial charge in [0.05, 0.1) is 11.8 Å². The van der Waals surface area contributed by atoms with Gasteiger partial charge in [-0.25, -0.2) is 4.98 Å². The van der Waals surface area contributed by atoms with Crippen LogP contribution in [0.25, 0.3) is 22.2 Å². The van der Waals surface area contributed by atoms with Gasteiger partial charge in [0, 0.05) is 36.6 Å². The number of benzene rings is 1. The lowest BCUT2D eigenvalue weighted by molar-refractivity contribution is -0.124. The molecule has 6 nitrogen and oxygen atoms in total. The van der Waals surface area contributed by atoms with Gasteiger partial charge in [0.2, 0.25) is 5.91 Å². The fourth-order valence-electron chi connectivity index (χ4n) is 3.79. The van der Waals surface area contributed by atoms with Crippen LogP contribution in [0.4, 0.5) is 5.82 Å². The highest BCUT2D eigenvalue weighted by molar-refractivity contribution is 5.86. The van der Waals surface area contributed by atoms with E-state index in [9.17, 15) is 4.79 Å². The van der Waals surface area contributed by atoms with Crippen LogP contribution in [0.15, 0.2) is 47.1 Å². The maximum absolute atomic E-state index is 12.6. The number of fused-ring (bicyclic) bond motifs is 1. The van der Waals surface area contributed by atoms with E-state index in [1.165, 1.54) is 0 Å². The number of hydrogen-bond acceptors (Lipinski definition) is 5. The van der Waals surface area contributed by atoms with Gasteiger partial charge in [-0.3, -0.25) is 4.79 Å². The maximum atomic E-state index is 12.6. The van der Waals surface area contributed by atoms with Crippen molar-refractivity contribution >= 4 is 22.6 Å². The van der Waals surface area contributed by atoms with Gasteiger partial charge in [-0.2, -0.15) is 0 Å². The lowest BCUT2D eigenvalue weighted by Gasteiger charge is -2.23. The van der Waals surface area contributed by atoms with Gasteiger partial charge in [-0.05, 0) is 67.1 Å². The van der Waals surface area contributed by atoms with Crippen LogP contribution in [0.1, 0.15) is 25.3 Å². The molecule has 1 amide bonds. The van der Waals surface area contributed by atoms with E-state index in [2.05, 4.69) is 10.3 Å². The van der Waals surface area contributed by atoms with Gasteiger partial charge in [-0.1, -0.05) is 6.92 Å². The molecule has 4 rings (SSSR count). The Morgan fingerprint density at radius 2 is 2.10 bits per heavy atom. The van der Waals surface area contributed by atoms with Crippen LogP contribution in [-0.4, -0.2) is 30.6 Å². The fraction of sp³-hybridized carbons (Fsp3) is 0.391. The van der Waals surface area contributed by atoms with Crippen molar-refractivity contribution in [3.8, 4) is 11.3 Å². The summed E-state index contributed by atoms with van der Waals surface area (Å²) in [5.41, 5.74) is 8.89. The van der Waals surface area contributed by atoms with Crippen LogP contribution in [0.3, 0.4) is 0 Å². The topological polar surface area (TPSA) is 90.4 Å². The van der Waals surface area contributed by atoms with E-state index in [1.807, 2.05) is 43.3 Å². The smallest absolute Gasteiger partial charge is 0.223 e. The molecule has 152 valence electrons. The van der Waals surface area contributed by atoms with E-state index < -0.39 is 0 Å². The van der Waals surface area contributed by atoms with Crippen LogP contribution >= 0.6 is 0 Å². The Kier molecular flexibility index (Phi) is 5.81. The lowest BCUT2D eigenvalue weighted by atomic mass is 9.97. The number of nitrogens with zero attached hydrogens (tertiary/aromatic N) is 1. The Labute approximate surface area is 170 Å². The van der Waals surface area contributed by atoms with Crippen LogP contribution in [0, 0.1) is 11.8 Å². The van der Waals surface area contributed by atoms with Gasteiger partial charge in [0.15, 0.2) is 0 Å². The number of nitrogens with one attached hydrogen (secondary N) is 1. The third kappa shape index (κ3) is 4.59. The van der Waals surface area contributed by atoms with E-state index in [0.717, 1.165) is 53.8 Å². The number of carbonyl (C=O) groups is 1. The van der Waals surface area contributed by atoms with Gasteiger partial charge in [0.1, 0.15) is 11.6 Å². The summed E-state index contributed by atoms with van der Waals surface area (Å²) in [6, 6.07) is 11.8. The molecule has 1 aliphatic heterocycles. The zero-order chi connectivity index (χ0) is 20.2. The van der Waals surface area contributed by atoms with Gasteiger partial charge >= 0.3 is 0 Å². The summed E-state index contributed by atoms with van der Waals surface area (Å²) in [5, 5.41) is 4.07. The Balaban J connectivity index is 1.45. The number of carbonyl (C=O) groups excluding carboxylic acids is 1. The molecular formula is C23H27N3O3. The number of amides is 1. The van der Waals surface area contributed by atoms with Crippen molar-refractivity contribution in [1.29, 1.82) is 0 Å². The number of nitrogen functional groups attached to an aromatic ring is 1. The molecule has 3 N–H and O–H groups in total. The number of aromatic nitrogens is 1. The number of anilines is 1. The normalized spacial score (nSPS) is 16.0. The quantitative estimate of drug-likeness (QED) is 0.665. The second-order valence-electron chi connectivity index (χ2n) is 7.82. The Morgan fingerprint density at radius 3 is 2.86 bits per heavy atom. The van der Waals surface area contributed by atoms with Crippen molar-refractivity contribution in [1.82, 2.24) is 10.3 Å². The summed E-state index contributed by atoms with van der Waals surface area (Å²) in [4.78, 5) is 17.1. The minimum Gasteiger partial charge on any atom is -0.464 e. The standard InChI is InChI=1S/C23H27N3O3/c1-15(23(27)25-14-16-6-9-28-10-7-16)11-19-13-18-12-17(21-3-2-8-29-21)4-5-20(18)26-22(19)24/h2-5,8,12-13,15-16H,6-7,9-11,14H2,1H3,(H2,24,26)(H,25,27)/t15-/m1/s1. The first-order valence-electron chi connectivity index (χ1n) is 10.2. The number of hydrogen-bond donors (Lipinski definition) is 2. The molecule has 1 aliphatic rings. The maximum Gasteiger partial charge on any atom is 0.223 e. The van der Waals surface area contributed by atoms with Crippen molar-refractivity contribution < 1.29 is 13.9 Å². The van der Waals surface area contributed by atoms with Gasteiger partial charge in [-0.15, -0.1) is 0 Å². The number of rotatable bonds is 6. The predicted molar refractivity (Wildman–Crippen MR) is 113 cm³/mol. The molecule has 1 saturated heterocycles. The highest BCUT2D eigenvalue weighted by atomic mass is 16.5. The molecule has 6 heteroatoms. The molecule has 29 heavy (non-hydrogen) atoms. The van der Waals surface area contributed by atoms with Crippen molar-refractivity contribution in [3.05, 3.63) is 48.2 Å². The molecule has 3 aromatic rings. The second-order valence-corrected chi connectivity index (χ2v) is 7.82. The van der Waals surface area contributed by atoms with Crippen LogP contribution in [-0.2, 0) is 16.0 Å². The molecule has 0 spiro atoms. The second kappa shape index (κ2) is 8.66. The van der Waals surface area contributed by atoms with Crippen molar-refractivity contribution in [2.24, 2.45) is 11.8 Å². The van der Waals surface area contributed by atoms with E-state index in [-0.39, 0.29) is 11.8 Å². The number of ether oxygens (including phenoxy) is 1. The average Bonchev–Trinajstić information content (AvgIpc) is 3.28. The number of furan rings is 1. The predicted octanol–water partition coefficient (Wildman–Crippen LogP) is 3.80. The molecule has 1 fully saturated rings. The van der Waals surface area contributed by atoms with Crippen molar-refractivity contribution in [2.75, 3.05) is 25.5 Å².